The summed E-state index contributed by atoms with van der Waals surface area (Å²) in [4.78, 5) is 5.34. The number of aromatic nitrogens is 3. The summed E-state index contributed by atoms with van der Waals surface area (Å²) in [6.45, 7) is 6.67. The number of rotatable bonds is 4. The third-order valence-electron chi connectivity index (χ3n) is 4.52. The SMILES string of the molecule is CC(C)(C)c1ccc(SNc2c(Br)ccc3cc(-c4cccnc4)nn23)cc1. The van der Waals surface area contributed by atoms with Gasteiger partial charge in [-0.05, 0) is 81.3 Å². The standard InChI is InChI=1S/C22H21BrN4S/c1-22(2,3)16-6-9-18(10-7-16)28-26-21-19(23)11-8-17-13-20(25-27(17)21)15-5-4-12-24-14-15/h4-14,26H,1-3H3. The summed E-state index contributed by atoms with van der Waals surface area (Å²) in [5.41, 5.74) is 4.40. The molecule has 28 heavy (non-hydrogen) atoms. The van der Waals surface area contributed by atoms with E-state index in [2.05, 4.69) is 76.7 Å². The maximum atomic E-state index is 4.77. The number of hydrogen-bond donors (Lipinski definition) is 1. The van der Waals surface area contributed by atoms with Crippen LogP contribution in [0.15, 0.2) is 76.4 Å². The van der Waals surface area contributed by atoms with Gasteiger partial charge in [-0.1, -0.05) is 32.9 Å². The molecule has 4 nitrogen and oxygen atoms in total. The lowest BCUT2D eigenvalue weighted by molar-refractivity contribution is 0.590. The van der Waals surface area contributed by atoms with Gasteiger partial charge in [-0.2, -0.15) is 5.10 Å². The monoisotopic (exact) mass is 452 g/mol. The zero-order chi connectivity index (χ0) is 19.7. The van der Waals surface area contributed by atoms with Crippen LogP contribution in [0.1, 0.15) is 26.3 Å². The first-order valence-corrected chi connectivity index (χ1v) is 10.6. The van der Waals surface area contributed by atoms with Gasteiger partial charge in [0.2, 0.25) is 0 Å². The zero-order valence-electron chi connectivity index (χ0n) is 16.0. The van der Waals surface area contributed by atoms with Gasteiger partial charge in [-0.3, -0.25) is 4.98 Å². The highest BCUT2D eigenvalue weighted by molar-refractivity contribution is 9.10. The minimum absolute atomic E-state index is 0.156. The lowest BCUT2D eigenvalue weighted by Gasteiger charge is -2.19. The summed E-state index contributed by atoms with van der Waals surface area (Å²) in [5.74, 6) is 0.900. The second-order valence-corrected chi connectivity index (χ2v) is 9.35. The van der Waals surface area contributed by atoms with Gasteiger partial charge in [-0.25, -0.2) is 4.52 Å². The summed E-state index contributed by atoms with van der Waals surface area (Å²) in [6, 6.07) is 18.8. The molecule has 0 amide bonds. The van der Waals surface area contributed by atoms with Crippen LogP contribution in [0, 0.1) is 0 Å². The summed E-state index contributed by atoms with van der Waals surface area (Å²) >= 11 is 5.22. The van der Waals surface area contributed by atoms with Crippen LogP contribution in [-0.2, 0) is 5.41 Å². The van der Waals surface area contributed by atoms with Crippen molar-refractivity contribution >= 4 is 39.2 Å². The molecule has 4 rings (SSSR count). The van der Waals surface area contributed by atoms with Crippen molar-refractivity contribution in [2.45, 2.75) is 31.1 Å². The van der Waals surface area contributed by atoms with Crippen molar-refractivity contribution in [3.63, 3.8) is 0 Å². The number of halogens is 1. The average Bonchev–Trinajstić information content (AvgIpc) is 3.12. The van der Waals surface area contributed by atoms with Crippen LogP contribution in [0.2, 0.25) is 0 Å². The Hall–Kier alpha value is -2.31. The van der Waals surface area contributed by atoms with E-state index in [1.54, 1.807) is 18.1 Å². The number of pyridine rings is 2. The van der Waals surface area contributed by atoms with Crippen molar-refractivity contribution in [2.75, 3.05) is 4.72 Å². The second kappa shape index (κ2) is 7.60. The first kappa shape index (κ1) is 19.0. The van der Waals surface area contributed by atoms with E-state index in [4.69, 9.17) is 5.10 Å². The van der Waals surface area contributed by atoms with Gasteiger partial charge >= 0.3 is 0 Å². The Kier molecular flexibility index (Phi) is 5.17. The first-order valence-electron chi connectivity index (χ1n) is 9.04. The van der Waals surface area contributed by atoms with Crippen LogP contribution in [-0.4, -0.2) is 14.6 Å². The Labute approximate surface area is 177 Å². The largest absolute Gasteiger partial charge is 0.309 e. The van der Waals surface area contributed by atoms with Crippen molar-refractivity contribution in [3.05, 3.63) is 77.0 Å². The molecule has 0 bridgehead atoms. The lowest BCUT2D eigenvalue weighted by atomic mass is 9.87. The van der Waals surface area contributed by atoms with Crippen molar-refractivity contribution in [3.8, 4) is 11.3 Å². The normalized spacial score (nSPS) is 11.7. The molecule has 0 aliphatic carbocycles. The van der Waals surface area contributed by atoms with Crippen molar-refractivity contribution in [1.29, 1.82) is 0 Å². The molecule has 0 unspecified atom stereocenters. The quantitative estimate of drug-likeness (QED) is 0.355. The van der Waals surface area contributed by atoms with E-state index in [-0.39, 0.29) is 5.41 Å². The Balaban J connectivity index is 1.61. The van der Waals surface area contributed by atoms with Gasteiger partial charge in [0.25, 0.3) is 0 Å². The molecule has 4 aromatic rings. The minimum Gasteiger partial charge on any atom is -0.309 e. The molecular formula is C22H21BrN4S. The maximum absolute atomic E-state index is 4.77. The van der Waals surface area contributed by atoms with E-state index in [0.717, 1.165) is 32.0 Å². The van der Waals surface area contributed by atoms with Crippen LogP contribution in [0.5, 0.6) is 0 Å². The predicted octanol–water partition coefficient (Wildman–Crippen LogP) is 6.58. The molecule has 142 valence electrons. The summed E-state index contributed by atoms with van der Waals surface area (Å²) in [5, 5.41) is 4.77. The molecule has 3 aromatic heterocycles. The van der Waals surface area contributed by atoms with Gasteiger partial charge in [0.05, 0.1) is 15.7 Å². The Morgan fingerprint density at radius 1 is 1.04 bits per heavy atom. The van der Waals surface area contributed by atoms with E-state index in [0.29, 0.717) is 0 Å². The van der Waals surface area contributed by atoms with E-state index < -0.39 is 0 Å². The lowest BCUT2D eigenvalue weighted by Crippen LogP contribution is -2.10. The first-order chi connectivity index (χ1) is 13.4. The molecule has 0 radical (unpaired) electrons. The number of anilines is 1. The number of hydrogen-bond acceptors (Lipinski definition) is 4. The number of nitrogens with one attached hydrogen (secondary N) is 1. The molecule has 0 atom stereocenters. The van der Waals surface area contributed by atoms with E-state index in [1.165, 1.54) is 5.56 Å². The molecule has 1 N–H and O–H groups in total. The molecule has 0 spiro atoms. The third-order valence-corrected chi connectivity index (χ3v) is 5.96. The van der Waals surface area contributed by atoms with Crippen molar-refractivity contribution in [2.24, 2.45) is 0 Å². The van der Waals surface area contributed by atoms with Crippen LogP contribution in [0.25, 0.3) is 16.8 Å². The topological polar surface area (TPSA) is 42.2 Å². The average molecular weight is 453 g/mol. The Bertz CT molecular complexity index is 1100. The fourth-order valence-electron chi connectivity index (χ4n) is 2.91. The zero-order valence-corrected chi connectivity index (χ0v) is 18.4. The minimum atomic E-state index is 0.156. The predicted molar refractivity (Wildman–Crippen MR) is 121 cm³/mol. The number of benzene rings is 1. The number of nitrogens with zero attached hydrogens (tertiary/aromatic N) is 3. The molecule has 1 aromatic carbocycles. The van der Waals surface area contributed by atoms with E-state index >= 15 is 0 Å². The molecule has 0 fully saturated rings. The Morgan fingerprint density at radius 3 is 2.50 bits per heavy atom. The van der Waals surface area contributed by atoms with Gasteiger partial charge in [-0.15, -0.1) is 0 Å². The highest BCUT2D eigenvalue weighted by Crippen LogP contribution is 2.31. The van der Waals surface area contributed by atoms with Crippen LogP contribution < -0.4 is 4.72 Å². The van der Waals surface area contributed by atoms with Crippen LogP contribution in [0.3, 0.4) is 0 Å². The smallest absolute Gasteiger partial charge is 0.152 e. The van der Waals surface area contributed by atoms with Crippen molar-refractivity contribution in [1.82, 2.24) is 14.6 Å². The second-order valence-electron chi connectivity index (χ2n) is 7.62. The Morgan fingerprint density at radius 2 is 1.82 bits per heavy atom. The molecule has 0 saturated carbocycles. The summed E-state index contributed by atoms with van der Waals surface area (Å²) < 4.78 is 6.33. The molecule has 0 saturated heterocycles. The van der Waals surface area contributed by atoms with Crippen molar-refractivity contribution < 1.29 is 0 Å². The van der Waals surface area contributed by atoms with Gasteiger partial charge in [0, 0.05) is 22.9 Å². The van der Waals surface area contributed by atoms with Gasteiger partial charge < -0.3 is 4.72 Å². The van der Waals surface area contributed by atoms with Gasteiger partial charge in [0.15, 0.2) is 5.82 Å². The maximum Gasteiger partial charge on any atom is 0.152 e. The number of fused-ring (bicyclic) bond motifs is 1. The fourth-order valence-corrected chi connectivity index (χ4v) is 4.12. The molecule has 0 aliphatic heterocycles. The molecule has 6 heteroatoms. The fraction of sp³-hybridized carbons (Fsp3) is 0.182. The highest BCUT2D eigenvalue weighted by Gasteiger charge is 2.14. The van der Waals surface area contributed by atoms with Gasteiger partial charge in [0.1, 0.15) is 0 Å². The van der Waals surface area contributed by atoms with E-state index in [1.807, 2.05) is 35.0 Å². The molecular weight excluding hydrogens is 432 g/mol. The summed E-state index contributed by atoms with van der Waals surface area (Å²) in [7, 11) is 0. The molecule has 0 aliphatic rings. The van der Waals surface area contributed by atoms with E-state index in [9.17, 15) is 0 Å². The van der Waals surface area contributed by atoms with Crippen LogP contribution >= 0.6 is 27.9 Å². The van der Waals surface area contributed by atoms with Crippen LogP contribution in [0.4, 0.5) is 5.82 Å². The summed E-state index contributed by atoms with van der Waals surface area (Å²) in [6.07, 6.45) is 3.60. The third kappa shape index (κ3) is 3.93. The molecule has 3 heterocycles. The highest BCUT2D eigenvalue weighted by atomic mass is 79.9.